The molecule has 1 amide bonds. The van der Waals surface area contributed by atoms with Crippen LogP contribution in [0.2, 0.25) is 0 Å². The number of alkyl halides is 3. The maximum absolute atomic E-state index is 12.6. The Labute approximate surface area is 139 Å². The molecule has 4 nitrogen and oxygen atoms in total. The van der Waals surface area contributed by atoms with Gasteiger partial charge in [0.25, 0.3) is 5.91 Å². The van der Waals surface area contributed by atoms with Gasteiger partial charge in [0.1, 0.15) is 5.75 Å². The van der Waals surface area contributed by atoms with E-state index < -0.39 is 11.7 Å². The van der Waals surface area contributed by atoms with E-state index >= 15 is 0 Å². The zero-order valence-electron chi connectivity index (χ0n) is 12.9. The number of carbonyl (C=O) groups is 1. The minimum Gasteiger partial charge on any atom is -0.484 e. The molecule has 0 saturated carbocycles. The van der Waals surface area contributed by atoms with E-state index in [4.69, 9.17) is 4.74 Å². The predicted octanol–water partition coefficient (Wildman–Crippen LogP) is 2.71. The largest absolute Gasteiger partial charge is 0.484 e. The molecule has 1 aromatic carbocycles. The molecule has 1 N–H and O–H groups in total. The summed E-state index contributed by atoms with van der Waals surface area (Å²) in [6.45, 7) is 4.91. The first-order valence-electron chi connectivity index (χ1n) is 7.12. The Bertz CT molecular complexity index is 540. The van der Waals surface area contributed by atoms with E-state index in [1.807, 2.05) is 13.8 Å². The molecule has 1 saturated heterocycles. The monoisotopic (exact) mass is 352 g/mol. The average Bonchev–Trinajstić information content (AvgIpc) is 2.47. The van der Waals surface area contributed by atoms with Crippen molar-refractivity contribution in [1.82, 2.24) is 10.2 Å². The van der Waals surface area contributed by atoms with E-state index in [1.54, 1.807) is 4.90 Å². The van der Waals surface area contributed by atoms with Crippen LogP contribution in [0.25, 0.3) is 0 Å². The highest BCUT2D eigenvalue weighted by Crippen LogP contribution is 2.31. The van der Waals surface area contributed by atoms with E-state index in [2.05, 4.69) is 5.32 Å². The summed E-state index contributed by atoms with van der Waals surface area (Å²) >= 11 is 0. The molecule has 8 heteroatoms. The maximum Gasteiger partial charge on any atom is 0.416 e. The topological polar surface area (TPSA) is 41.6 Å². The number of nitrogens with one attached hydrogen (secondary N) is 1. The van der Waals surface area contributed by atoms with E-state index in [0.29, 0.717) is 13.1 Å². The van der Waals surface area contributed by atoms with Gasteiger partial charge >= 0.3 is 6.18 Å². The number of benzene rings is 1. The molecule has 2 rings (SSSR count). The van der Waals surface area contributed by atoms with Crippen molar-refractivity contribution >= 4 is 18.3 Å². The van der Waals surface area contributed by atoms with Gasteiger partial charge in [0.05, 0.1) is 5.56 Å². The smallest absolute Gasteiger partial charge is 0.416 e. The van der Waals surface area contributed by atoms with Gasteiger partial charge in [-0.2, -0.15) is 13.2 Å². The Morgan fingerprint density at radius 2 is 2.09 bits per heavy atom. The van der Waals surface area contributed by atoms with Crippen LogP contribution in [-0.4, -0.2) is 42.6 Å². The summed E-state index contributed by atoms with van der Waals surface area (Å²) in [5, 5.41) is 3.25. The van der Waals surface area contributed by atoms with Gasteiger partial charge in [0.2, 0.25) is 0 Å². The first-order chi connectivity index (χ1) is 10.3. The molecule has 0 spiro atoms. The first kappa shape index (κ1) is 19.6. The van der Waals surface area contributed by atoms with Gasteiger partial charge < -0.3 is 15.0 Å². The molecular formula is C15H20ClF3N2O2. The predicted molar refractivity (Wildman–Crippen MR) is 82.8 cm³/mol. The quantitative estimate of drug-likeness (QED) is 0.909. The molecule has 23 heavy (non-hydrogen) atoms. The minimum atomic E-state index is -4.42. The second-order valence-corrected chi connectivity index (χ2v) is 5.38. The van der Waals surface area contributed by atoms with Crippen LogP contribution >= 0.6 is 12.4 Å². The van der Waals surface area contributed by atoms with Gasteiger partial charge in [-0.15, -0.1) is 12.4 Å². The van der Waals surface area contributed by atoms with Crippen molar-refractivity contribution in [1.29, 1.82) is 0 Å². The summed E-state index contributed by atoms with van der Waals surface area (Å²) in [5.74, 6) is -0.183. The molecule has 2 atom stereocenters. The molecule has 0 bridgehead atoms. The molecule has 2 unspecified atom stereocenters. The van der Waals surface area contributed by atoms with E-state index in [1.165, 1.54) is 12.1 Å². The molecule has 1 fully saturated rings. The third-order valence-corrected chi connectivity index (χ3v) is 3.88. The lowest BCUT2D eigenvalue weighted by Crippen LogP contribution is -2.58. The van der Waals surface area contributed by atoms with Crippen LogP contribution in [0.5, 0.6) is 5.75 Å². The standard InChI is InChI=1S/C15H19F3N2O2.ClH/c1-10-11(2)20(7-6-19-10)14(21)9-22-13-5-3-4-12(8-13)15(16,17)18;/h3-5,8,10-11,19H,6-7,9H2,1-2H3;1H. The van der Waals surface area contributed by atoms with Gasteiger partial charge in [0, 0.05) is 25.2 Å². The molecule has 1 heterocycles. The number of amides is 1. The Balaban J connectivity index is 0.00000264. The van der Waals surface area contributed by atoms with E-state index in [-0.39, 0.29) is 42.8 Å². The second-order valence-electron chi connectivity index (χ2n) is 5.38. The van der Waals surface area contributed by atoms with Crippen molar-refractivity contribution in [2.75, 3.05) is 19.7 Å². The zero-order valence-corrected chi connectivity index (χ0v) is 13.7. The third kappa shape index (κ3) is 5.00. The SMILES string of the molecule is CC1NCCN(C(=O)COc2cccc(C(F)(F)F)c2)C1C.Cl. The Morgan fingerprint density at radius 3 is 2.74 bits per heavy atom. The normalized spacial score (nSPS) is 21.5. The van der Waals surface area contributed by atoms with Crippen molar-refractivity contribution in [2.45, 2.75) is 32.1 Å². The summed E-state index contributed by atoms with van der Waals surface area (Å²) in [7, 11) is 0. The molecule has 130 valence electrons. The third-order valence-electron chi connectivity index (χ3n) is 3.88. The number of nitrogens with zero attached hydrogens (tertiary/aromatic N) is 1. The maximum atomic E-state index is 12.6. The fourth-order valence-electron chi connectivity index (χ4n) is 2.40. The molecule has 1 aliphatic rings. The second kappa shape index (κ2) is 7.88. The highest BCUT2D eigenvalue weighted by atomic mass is 35.5. The van der Waals surface area contributed by atoms with Crippen molar-refractivity contribution < 1.29 is 22.7 Å². The highest BCUT2D eigenvalue weighted by Gasteiger charge is 2.31. The zero-order chi connectivity index (χ0) is 16.3. The lowest BCUT2D eigenvalue weighted by Gasteiger charge is -2.38. The number of carbonyl (C=O) groups excluding carboxylic acids is 1. The van der Waals surface area contributed by atoms with Crippen LogP contribution in [0.3, 0.4) is 0 Å². The lowest BCUT2D eigenvalue weighted by atomic mass is 10.1. The highest BCUT2D eigenvalue weighted by molar-refractivity contribution is 5.85. The summed E-state index contributed by atoms with van der Waals surface area (Å²) in [6, 6.07) is 4.73. The van der Waals surface area contributed by atoms with Crippen LogP contribution < -0.4 is 10.1 Å². The van der Waals surface area contributed by atoms with Crippen molar-refractivity contribution in [2.24, 2.45) is 0 Å². The van der Waals surface area contributed by atoms with Crippen molar-refractivity contribution in [3.63, 3.8) is 0 Å². The lowest BCUT2D eigenvalue weighted by molar-refractivity contribution is -0.137. The van der Waals surface area contributed by atoms with Crippen molar-refractivity contribution in [3.8, 4) is 5.75 Å². The van der Waals surface area contributed by atoms with E-state index in [0.717, 1.165) is 12.1 Å². The first-order valence-corrected chi connectivity index (χ1v) is 7.12. The van der Waals surface area contributed by atoms with Gasteiger partial charge in [-0.25, -0.2) is 0 Å². The molecular weight excluding hydrogens is 333 g/mol. The van der Waals surface area contributed by atoms with Crippen LogP contribution in [-0.2, 0) is 11.0 Å². The molecule has 0 aromatic heterocycles. The Hall–Kier alpha value is -1.47. The average molecular weight is 353 g/mol. The molecule has 0 aliphatic carbocycles. The number of rotatable bonds is 3. The molecule has 0 radical (unpaired) electrons. The Kier molecular flexibility index (Phi) is 6.70. The fraction of sp³-hybridized carbons (Fsp3) is 0.533. The van der Waals surface area contributed by atoms with Gasteiger partial charge in [0.15, 0.2) is 6.61 Å². The van der Waals surface area contributed by atoms with Gasteiger partial charge in [-0.05, 0) is 32.0 Å². The fourth-order valence-corrected chi connectivity index (χ4v) is 2.40. The number of hydrogen-bond acceptors (Lipinski definition) is 3. The summed E-state index contributed by atoms with van der Waals surface area (Å²) in [6.07, 6.45) is -4.42. The number of ether oxygens (including phenoxy) is 1. The van der Waals surface area contributed by atoms with E-state index in [9.17, 15) is 18.0 Å². The van der Waals surface area contributed by atoms with Crippen LogP contribution in [0, 0.1) is 0 Å². The van der Waals surface area contributed by atoms with Crippen LogP contribution in [0.15, 0.2) is 24.3 Å². The summed E-state index contributed by atoms with van der Waals surface area (Å²) in [5.41, 5.74) is -0.790. The summed E-state index contributed by atoms with van der Waals surface area (Å²) < 4.78 is 43.1. The minimum absolute atomic E-state index is 0. The number of hydrogen-bond donors (Lipinski definition) is 1. The van der Waals surface area contributed by atoms with Crippen molar-refractivity contribution in [3.05, 3.63) is 29.8 Å². The molecule has 1 aliphatic heterocycles. The molecule has 1 aromatic rings. The number of halogens is 4. The van der Waals surface area contributed by atoms with Crippen LogP contribution in [0.4, 0.5) is 13.2 Å². The van der Waals surface area contributed by atoms with Crippen LogP contribution in [0.1, 0.15) is 19.4 Å². The van der Waals surface area contributed by atoms with Gasteiger partial charge in [-0.1, -0.05) is 6.07 Å². The van der Waals surface area contributed by atoms with Gasteiger partial charge in [-0.3, -0.25) is 4.79 Å². The summed E-state index contributed by atoms with van der Waals surface area (Å²) in [4.78, 5) is 13.8. The number of piperazine rings is 1. The Morgan fingerprint density at radius 1 is 1.39 bits per heavy atom.